The summed E-state index contributed by atoms with van der Waals surface area (Å²) in [6.07, 6.45) is -2.19. The van der Waals surface area contributed by atoms with Crippen molar-refractivity contribution in [3.63, 3.8) is 0 Å². The van der Waals surface area contributed by atoms with Crippen LogP contribution < -0.4 is 5.32 Å². The highest BCUT2D eigenvalue weighted by Crippen LogP contribution is 2.22. The number of aliphatic hydroxyl groups is 4. The standard InChI is InChI=1S/C11H20N4O4/c1-2-3-15-5-6(13-14-15)9(17)8-11(19)10(18)7(16)4-12-8/h5,7-12,16-19H,2-4H2,1H3/t7-,8+,9?,10+,11+/m0/s1. The third-order valence-corrected chi connectivity index (χ3v) is 3.33. The molecule has 0 saturated carbocycles. The fourth-order valence-corrected chi connectivity index (χ4v) is 2.21. The first-order valence-corrected chi connectivity index (χ1v) is 6.40. The van der Waals surface area contributed by atoms with Crippen molar-refractivity contribution >= 4 is 0 Å². The molecule has 0 amide bonds. The van der Waals surface area contributed by atoms with E-state index in [0.29, 0.717) is 12.2 Å². The van der Waals surface area contributed by atoms with Crippen LogP contribution in [0.25, 0.3) is 0 Å². The lowest BCUT2D eigenvalue weighted by atomic mass is 9.91. The molecular weight excluding hydrogens is 252 g/mol. The van der Waals surface area contributed by atoms with Crippen molar-refractivity contribution in [2.75, 3.05) is 6.54 Å². The molecule has 0 aromatic carbocycles. The first-order chi connectivity index (χ1) is 9.04. The van der Waals surface area contributed by atoms with Crippen molar-refractivity contribution in [3.8, 4) is 0 Å². The van der Waals surface area contributed by atoms with Crippen LogP contribution in [0.15, 0.2) is 6.20 Å². The van der Waals surface area contributed by atoms with E-state index in [2.05, 4.69) is 15.6 Å². The molecule has 0 spiro atoms. The zero-order valence-electron chi connectivity index (χ0n) is 10.7. The topological polar surface area (TPSA) is 124 Å². The van der Waals surface area contributed by atoms with Crippen LogP contribution in [0.1, 0.15) is 25.1 Å². The van der Waals surface area contributed by atoms with E-state index in [1.54, 1.807) is 10.9 Å². The Morgan fingerprint density at radius 3 is 2.84 bits per heavy atom. The van der Waals surface area contributed by atoms with Crippen LogP contribution >= 0.6 is 0 Å². The minimum Gasteiger partial charge on any atom is -0.389 e. The van der Waals surface area contributed by atoms with E-state index in [1.807, 2.05) is 6.92 Å². The molecular formula is C11H20N4O4. The maximum absolute atomic E-state index is 10.2. The summed E-state index contributed by atoms with van der Waals surface area (Å²) >= 11 is 0. The highest BCUT2D eigenvalue weighted by atomic mass is 16.4. The second-order valence-electron chi connectivity index (χ2n) is 4.83. The highest BCUT2D eigenvalue weighted by molar-refractivity contribution is 5.06. The Balaban J connectivity index is 2.07. The number of nitrogens with one attached hydrogen (secondary N) is 1. The zero-order valence-corrected chi connectivity index (χ0v) is 10.7. The number of aliphatic hydroxyl groups excluding tert-OH is 4. The van der Waals surface area contributed by atoms with E-state index >= 15 is 0 Å². The lowest BCUT2D eigenvalue weighted by molar-refractivity contribution is -0.114. The molecule has 8 heteroatoms. The zero-order chi connectivity index (χ0) is 14.0. The van der Waals surface area contributed by atoms with Gasteiger partial charge in [0.2, 0.25) is 0 Å². The molecule has 2 rings (SSSR count). The van der Waals surface area contributed by atoms with Crippen molar-refractivity contribution in [2.45, 2.75) is 50.3 Å². The number of hydrogen-bond acceptors (Lipinski definition) is 7. The molecule has 1 aromatic rings. The second kappa shape index (κ2) is 5.93. The van der Waals surface area contributed by atoms with Crippen LogP contribution in [0.4, 0.5) is 0 Å². The van der Waals surface area contributed by atoms with Crippen LogP contribution in [0.3, 0.4) is 0 Å². The Hall–Kier alpha value is -1.06. The number of hydrogen-bond donors (Lipinski definition) is 5. The Labute approximate surface area is 110 Å². The SMILES string of the molecule is CCCn1cc(C(O)[C@H]2NC[C@H](O)[C@@H](O)[C@@H]2O)nn1. The molecule has 0 bridgehead atoms. The van der Waals surface area contributed by atoms with E-state index in [1.165, 1.54) is 0 Å². The van der Waals surface area contributed by atoms with Gasteiger partial charge in [0, 0.05) is 13.1 Å². The van der Waals surface area contributed by atoms with Crippen LogP contribution in [-0.2, 0) is 6.54 Å². The molecule has 19 heavy (non-hydrogen) atoms. The first-order valence-electron chi connectivity index (χ1n) is 6.40. The van der Waals surface area contributed by atoms with Gasteiger partial charge in [-0.2, -0.15) is 0 Å². The normalized spacial score (nSPS) is 33.3. The molecule has 1 saturated heterocycles. The monoisotopic (exact) mass is 272 g/mol. The molecule has 2 heterocycles. The van der Waals surface area contributed by atoms with Gasteiger partial charge in [0.1, 0.15) is 24.0 Å². The van der Waals surface area contributed by atoms with Crippen molar-refractivity contribution < 1.29 is 20.4 Å². The highest BCUT2D eigenvalue weighted by Gasteiger charge is 2.40. The van der Waals surface area contributed by atoms with E-state index in [4.69, 9.17) is 0 Å². The molecule has 0 aliphatic carbocycles. The van der Waals surface area contributed by atoms with Gasteiger partial charge in [-0.1, -0.05) is 12.1 Å². The van der Waals surface area contributed by atoms with Gasteiger partial charge in [0.15, 0.2) is 0 Å². The van der Waals surface area contributed by atoms with E-state index < -0.39 is 30.5 Å². The van der Waals surface area contributed by atoms with Crippen LogP contribution in [0.2, 0.25) is 0 Å². The van der Waals surface area contributed by atoms with Gasteiger partial charge in [0.05, 0.1) is 18.3 Å². The molecule has 8 nitrogen and oxygen atoms in total. The van der Waals surface area contributed by atoms with Crippen molar-refractivity contribution in [1.82, 2.24) is 20.3 Å². The van der Waals surface area contributed by atoms with Gasteiger partial charge in [-0.25, -0.2) is 0 Å². The number of aromatic nitrogens is 3. The molecule has 1 aromatic heterocycles. The summed E-state index contributed by atoms with van der Waals surface area (Å²) < 4.78 is 1.61. The number of aryl methyl sites for hydroxylation is 1. The first kappa shape index (κ1) is 14.4. The molecule has 0 radical (unpaired) electrons. The summed E-state index contributed by atoms with van der Waals surface area (Å²) in [5, 5.41) is 49.6. The van der Waals surface area contributed by atoms with Crippen LogP contribution in [0, 0.1) is 0 Å². The molecule has 5 N–H and O–H groups in total. The fraction of sp³-hybridized carbons (Fsp3) is 0.818. The lowest BCUT2D eigenvalue weighted by Gasteiger charge is -2.37. The number of rotatable bonds is 4. The van der Waals surface area contributed by atoms with Gasteiger partial charge >= 0.3 is 0 Å². The minimum absolute atomic E-state index is 0.100. The summed E-state index contributed by atoms with van der Waals surface area (Å²) in [5.41, 5.74) is 0.327. The second-order valence-corrected chi connectivity index (χ2v) is 4.83. The van der Waals surface area contributed by atoms with Crippen molar-refractivity contribution in [2.24, 2.45) is 0 Å². The predicted molar refractivity (Wildman–Crippen MR) is 65.1 cm³/mol. The van der Waals surface area contributed by atoms with E-state index in [0.717, 1.165) is 6.42 Å². The summed E-state index contributed by atoms with van der Waals surface area (Å²) in [6.45, 7) is 2.80. The summed E-state index contributed by atoms with van der Waals surface area (Å²) in [6, 6.07) is -0.787. The summed E-state index contributed by atoms with van der Waals surface area (Å²) in [4.78, 5) is 0. The van der Waals surface area contributed by atoms with Gasteiger partial charge < -0.3 is 25.7 Å². The fourth-order valence-electron chi connectivity index (χ4n) is 2.21. The largest absolute Gasteiger partial charge is 0.389 e. The number of β-amino-alcohol motifs (C(OH)–C–C–N with tert-alkyl or cyclic N) is 1. The van der Waals surface area contributed by atoms with Gasteiger partial charge in [-0.15, -0.1) is 5.10 Å². The van der Waals surface area contributed by atoms with Gasteiger partial charge in [-0.05, 0) is 6.42 Å². The molecule has 108 valence electrons. The summed E-state index contributed by atoms with van der Waals surface area (Å²) in [7, 11) is 0. The van der Waals surface area contributed by atoms with Crippen molar-refractivity contribution in [3.05, 3.63) is 11.9 Å². The lowest BCUT2D eigenvalue weighted by Crippen LogP contribution is -2.61. The van der Waals surface area contributed by atoms with E-state index in [-0.39, 0.29) is 6.54 Å². The maximum Gasteiger partial charge on any atom is 0.117 e. The van der Waals surface area contributed by atoms with E-state index in [9.17, 15) is 20.4 Å². The predicted octanol–water partition coefficient (Wildman–Crippen LogP) is -2.22. The van der Waals surface area contributed by atoms with Crippen molar-refractivity contribution in [1.29, 1.82) is 0 Å². The van der Waals surface area contributed by atoms with Gasteiger partial charge in [-0.3, -0.25) is 4.68 Å². The third-order valence-electron chi connectivity index (χ3n) is 3.33. The Morgan fingerprint density at radius 2 is 2.16 bits per heavy atom. The number of piperidine rings is 1. The van der Waals surface area contributed by atoms with Crippen LogP contribution in [0.5, 0.6) is 0 Å². The average molecular weight is 272 g/mol. The van der Waals surface area contributed by atoms with Gasteiger partial charge in [0.25, 0.3) is 0 Å². The quantitative estimate of drug-likeness (QED) is 0.420. The molecule has 1 unspecified atom stereocenters. The molecule has 1 aliphatic heterocycles. The summed E-state index contributed by atoms with van der Waals surface area (Å²) in [5.74, 6) is 0. The maximum atomic E-state index is 10.2. The average Bonchev–Trinajstić information content (AvgIpc) is 2.85. The smallest absolute Gasteiger partial charge is 0.117 e. The molecule has 1 aliphatic rings. The number of nitrogens with zero attached hydrogens (tertiary/aromatic N) is 3. The minimum atomic E-state index is -1.29. The third kappa shape index (κ3) is 2.93. The molecule has 1 fully saturated rings. The Kier molecular flexibility index (Phi) is 4.48. The van der Waals surface area contributed by atoms with Crippen LogP contribution in [-0.4, -0.2) is 66.3 Å². The Morgan fingerprint density at radius 1 is 1.42 bits per heavy atom. The molecule has 5 atom stereocenters. The Bertz CT molecular complexity index is 413.